The van der Waals surface area contributed by atoms with Gasteiger partial charge in [0.25, 0.3) is 0 Å². The molecule has 0 unspecified atom stereocenters. The summed E-state index contributed by atoms with van der Waals surface area (Å²) in [4.78, 5) is 18.5. The van der Waals surface area contributed by atoms with E-state index in [1.807, 2.05) is 6.07 Å². The zero-order chi connectivity index (χ0) is 12.1. The van der Waals surface area contributed by atoms with Crippen molar-refractivity contribution in [1.82, 2.24) is 9.97 Å². The molecule has 84 valence electrons. The number of ether oxygens (including phenoxy) is 1. The van der Waals surface area contributed by atoms with E-state index in [0.29, 0.717) is 5.03 Å². The minimum Gasteiger partial charge on any atom is -0.759 e. The van der Waals surface area contributed by atoms with E-state index in [4.69, 9.17) is 23.6 Å². The van der Waals surface area contributed by atoms with Crippen LogP contribution in [0, 0.1) is 11.3 Å². The van der Waals surface area contributed by atoms with Crippen LogP contribution in [0.4, 0.5) is 5.95 Å². The largest absolute Gasteiger partial charge is 1.00 e. The van der Waals surface area contributed by atoms with Gasteiger partial charge in [0.05, 0.1) is 18.4 Å². The first-order chi connectivity index (χ1) is 7.58. The number of carbonyl (C=O) groups is 1. The number of nitrogens with two attached hydrogens (primary N) is 1. The van der Waals surface area contributed by atoms with Crippen LogP contribution in [0.1, 0.15) is 5.56 Å². The van der Waals surface area contributed by atoms with Crippen molar-refractivity contribution in [3.05, 3.63) is 5.56 Å². The molecule has 2 N–H and O–H groups in total. The van der Waals surface area contributed by atoms with Gasteiger partial charge in [-0.05, 0) is 0 Å². The third-order valence-corrected chi connectivity index (χ3v) is 2.77. The molecule has 6 nitrogen and oxygen atoms in total. The van der Waals surface area contributed by atoms with Crippen molar-refractivity contribution in [3.63, 3.8) is 0 Å². The van der Waals surface area contributed by atoms with Gasteiger partial charge in [0.2, 0.25) is 5.95 Å². The normalized spacial score (nSPS) is 8.94. The van der Waals surface area contributed by atoms with Crippen LogP contribution in [0.3, 0.4) is 0 Å². The molecule has 0 aliphatic rings. The summed E-state index contributed by atoms with van der Waals surface area (Å²) >= 11 is 5.89. The summed E-state index contributed by atoms with van der Waals surface area (Å²) in [6.07, 6.45) is 0. The third-order valence-electron chi connectivity index (χ3n) is 1.53. The molecule has 0 aliphatic heterocycles. The second-order valence-corrected chi connectivity index (χ2v) is 3.89. The number of nitrogen functional groups attached to an aromatic ring is 1. The minimum absolute atomic E-state index is 0. The Morgan fingerprint density at radius 3 is 2.82 bits per heavy atom. The number of thioether (sulfide) groups is 1. The van der Waals surface area contributed by atoms with Crippen molar-refractivity contribution in [2.75, 3.05) is 18.6 Å². The predicted molar refractivity (Wildman–Crippen MR) is 59.5 cm³/mol. The molecule has 1 aromatic rings. The number of methoxy groups -OCH3 is 1. The molecule has 0 fully saturated rings. The fraction of sp³-hybridized carbons (Fsp3) is 0.250. The van der Waals surface area contributed by atoms with Gasteiger partial charge in [-0.25, -0.2) is 9.97 Å². The number of hydrogen-bond donors (Lipinski definition) is 1. The molecule has 0 atom stereocenters. The maximum atomic E-state index is 10.9. The smallest absolute Gasteiger partial charge is 0.759 e. The molecule has 0 radical (unpaired) electrons. The Morgan fingerprint density at radius 1 is 1.65 bits per heavy atom. The number of anilines is 1. The molecule has 1 aromatic heterocycles. The number of hydrogen-bond acceptors (Lipinski definition) is 8. The van der Waals surface area contributed by atoms with Gasteiger partial charge in [-0.3, -0.25) is 4.79 Å². The number of esters is 1. The zero-order valence-corrected chi connectivity index (χ0v) is 12.9. The molecule has 0 spiro atoms. The van der Waals surface area contributed by atoms with E-state index in [2.05, 4.69) is 14.7 Å². The van der Waals surface area contributed by atoms with Crippen LogP contribution in [0.5, 0.6) is 0 Å². The molecule has 9 heteroatoms. The summed E-state index contributed by atoms with van der Waals surface area (Å²) < 4.78 is 4.46. The summed E-state index contributed by atoms with van der Waals surface area (Å²) in [6, 6.07) is 1.88. The Labute approximate surface area is 130 Å². The quantitative estimate of drug-likeness (QED) is 0.207. The average molecular weight is 278 g/mol. The molecular formula is C8H7N4NaO2S2. The second-order valence-electron chi connectivity index (χ2n) is 2.54. The number of nitrogens with zero attached hydrogens (tertiary/aromatic N) is 3. The van der Waals surface area contributed by atoms with Crippen LogP contribution in [0.25, 0.3) is 0 Å². The van der Waals surface area contributed by atoms with Gasteiger partial charge in [0, 0.05) is 0 Å². The van der Waals surface area contributed by atoms with Gasteiger partial charge < -0.3 is 23.1 Å². The van der Waals surface area contributed by atoms with Crippen LogP contribution in [-0.2, 0) is 22.2 Å². The van der Waals surface area contributed by atoms with Crippen LogP contribution < -0.4 is 35.3 Å². The Hall–Kier alpha value is -0.590. The van der Waals surface area contributed by atoms with E-state index < -0.39 is 5.97 Å². The maximum absolute atomic E-state index is 10.9. The molecule has 17 heavy (non-hydrogen) atoms. The first-order valence-corrected chi connectivity index (χ1v) is 5.42. The zero-order valence-electron chi connectivity index (χ0n) is 9.26. The van der Waals surface area contributed by atoms with E-state index >= 15 is 0 Å². The molecular weight excluding hydrogens is 271 g/mol. The van der Waals surface area contributed by atoms with Crippen LogP contribution in [0.2, 0.25) is 0 Å². The van der Waals surface area contributed by atoms with Crippen LogP contribution in [-0.4, -0.2) is 28.8 Å². The maximum Gasteiger partial charge on any atom is 1.00 e. The van der Waals surface area contributed by atoms with Crippen LogP contribution in [0.15, 0.2) is 10.1 Å². The minimum atomic E-state index is -0.419. The summed E-state index contributed by atoms with van der Waals surface area (Å²) in [5.74, 6) is -0.399. The Balaban J connectivity index is 0.00000256. The van der Waals surface area contributed by atoms with E-state index in [1.54, 1.807) is 0 Å². The van der Waals surface area contributed by atoms with E-state index in [-0.39, 0.29) is 51.8 Å². The molecule has 0 amide bonds. The molecule has 0 aromatic carbocycles. The van der Waals surface area contributed by atoms with Crippen molar-refractivity contribution in [2.24, 2.45) is 0 Å². The van der Waals surface area contributed by atoms with E-state index in [0.717, 1.165) is 11.8 Å². The number of rotatable bonds is 3. The number of aromatic nitrogens is 2. The van der Waals surface area contributed by atoms with Gasteiger partial charge in [-0.1, -0.05) is 16.8 Å². The van der Waals surface area contributed by atoms with Gasteiger partial charge in [-0.15, -0.1) is 0 Å². The molecule has 0 saturated carbocycles. The van der Waals surface area contributed by atoms with Gasteiger partial charge >= 0.3 is 35.5 Å². The van der Waals surface area contributed by atoms with Crippen molar-refractivity contribution in [1.29, 1.82) is 5.26 Å². The van der Waals surface area contributed by atoms with Crippen LogP contribution >= 0.6 is 11.8 Å². The third kappa shape index (κ3) is 4.65. The number of carbonyl (C=O) groups excluding carboxylic acids is 1. The van der Waals surface area contributed by atoms with Gasteiger partial charge in [-0.2, -0.15) is 5.26 Å². The van der Waals surface area contributed by atoms with Crippen molar-refractivity contribution in [2.45, 2.75) is 10.1 Å². The fourth-order valence-electron chi connectivity index (χ4n) is 0.823. The summed E-state index contributed by atoms with van der Waals surface area (Å²) in [5, 5.41) is 9.23. The topological polar surface area (TPSA) is 102 Å². The second kappa shape index (κ2) is 7.68. The fourth-order valence-corrected chi connectivity index (χ4v) is 1.94. The first kappa shape index (κ1) is 16.4. The molecule has 0 bridgehead atoms. The Bertz CT molecular complexity index is 464. The summed E-state index contributed by atoms with van der Waals surface area (Å²) in [6.45, 7) is 0. The summed E-state index contributed by atoms with van der Waals surface area (Å²) in [7, 11) is 1.28. The van der Waals surface area contributed by atoms with Crippen molar-refractivity contribution >= 4 is 36.3 Å². The molecule has 1 heterocycles. The molecule has 1 rings (SSSR count). The number of nitriles is 1. The Morgan fingerprint density at radius 2 is 2.29 bits per heavy atom. The van der Waals surface area contributed by atoms with Crippen molar-refractivity contribution < 1.29 is 39.1 Å². The summed E-state index contributed by atoms with van der Waals surface area (Å²) in [5.41, 5.74) is 5.55. The van der Waals surface area contributed by atoms with Gasteiger partial charge in [0.15, 0.2) is 0 Å². The predicted octanol–water partition coefficient (Wildman–Crippen LogP) is -2.89. The Kier molecular flexibility index (Phi) is 7.41. The van der Waals surface area contributed by atoms with Crippen molar-refractivity contribution in [3.8, 4) is 6.07 Å². The standard InChI is InChI=1S/C8H8N4O2S2.Na/c1-14-5(13)3-16-7-4(2-9)6(15)11-8(10)12-7;/h3H2,1H3,(H3,10,11,12,15);/q;+1/p-1. The molecule has 0 aliphatic carbocycles. The van der Waals surface area contributed by atoms with E-state index in [9.17, 15) is 4.79 Å². The first-order valence-electron chi connectivity index (χ1n) is 4.02. The van der Waals surface area contributed by atoms with E-state index in [1.165, 1.54) is 7.11 Å². The van der Waals surface area contributed by atoms with Gasteiger partial charge in [0.1, 0.15) is 11.1 Å². The SMILES string of the molecule is COC(=O)CSc1nc(N)nc([S-])c1C#N.[Na+]. The average Bonchev–Trinajstić information content (AvgIpc) is 2.25. The molecule has 0 saturated heterocycles. The monoisotopic (exact) mass is 278 g/mol.